The third-order valence-corrected chi connectivity index (χ3v) is 4.64. The third kappa shape index (κ3) is 5.38. The molecule has 2 aromatic carbocycles. The maximum atomic E-state index is 12.7. The van der Waals surface area contributed by atoms with Gasteiger partial charge < -0.3 is 15.1 Å². The summed E-state index contributed by atoms with van der Waals surface area (Å²) in [5.74, 6) is -0.145. The largest absolute Gasteiger partial charge is 0.467 e. The van der Waals surface area contributed by atoms with Crippen LogP contribution in [-0.2, 0) is 17.8 Å². The second-order valence-corrected chi connectivity index (χ2v) is 6.98. The predicted octanol–water partition coefficient (Wildman–Crippen LogP) is 4.24. The fourth-order valence-electron chi connectivity index (χ4n) is 2.68. The van der Waals surface area contributed by atoms with E-state index in [-0.39, 0.29) is 23.0 Å². The van der Waals surface area contributed by atoms with Crippen LogP contribution in [0.4, 0.5) is 0 Å². The molecule has 3 rings (SSSR count). The highest BCUT2D eigenvalue weighted by Gasteiger charge is 2.23. The molecular weight excluding hydrogens is 399 g/mol. The number of amides is 2. The molecule has 0 aliphatic heterocycles. The molecule has 0 spiro atoms. The Morgan fingerprint density at radius 2 is 1.79 bits per heavy atom. The highest BCUT2D eigenvalue weighted by molar-refractivity contribution is 6.36. The molecule has 0 unspecified atom stereocenters. The molecule has 0 radical (unpaired) electrons. The zero-order chi connectivity index (χ0) is 19.9. The van der Waals surface area contributed by atoms with Crippen LogP contribution in [0.1, 0.15) is 21.7 Å². The van der Waals surface area contributed by atoms with Gasteiger partial charge in [0, 0.05) is 11.4 Å². The number of benzene rings is 2. The lowest BCUT2D eigenvalue weighted by Gasteiger charge is -2.19. The lowest BCUT2D eigenvalue weighted by molar-refractivity contribution is -0.123. The normalized spacial score (nSPS) is 11.6. The molecule has 1 atom stereocenters. The zero-order valence-corrected chi connectivity index (χ0v) is 16.3. The first-order valence-corrected chi connectivity index (χ1v) is 9.38. The van der Waals surface area contributed by atoms with Crippen molar-refractivity contribution in [3.63, 3.8) is 0 Å². The number of rotatable bonds is 7. The van der Waals surface area contributed by atoms with Crippen LogP contribution in [0.15, 0.2) is 71.3 Å². The molecule has 7 heteroatoms. The van der Waals surface area contributed by atoms with Crippen LogP contribution in [0.2, 0.25) is 10.0 Å². The molecule has 3 aromatic rings. The minimum Gasteiger partial charge on any atom is -0.467 e. The molecular formula is C21H18Cl2N2O3. The number of halogens is 2. The summed E-state index contributed by atoms with van der Waals surface area (Å²) in [6.45, 7) is 0.231. The molecule has 0 fully saturated rings. The fourth-order valence-corrected chi connectivity index (χ4v) is 3.17. The molecule has 0 aliphatic rings. The number of hydrogen-bond acceptors (Lipinski definition) is 3. The lowest BCUT2D eigenvalue weighted by Crippen LogP contribution is -2.47. The Morgan fingerprint density at radius 1 is 1.00 bits per heavy atom. The Bertz CT molecular complexity index is 944. The Labute approximate surface area is 172 Å². The van der Waals surface area contributed by atoms with Crippen molar-refractivity contribution in [2.24, 2.45) is 0 Å². The number of furan rings is 1. The van der Waals surface area contributed by atoms with E-state index in [2.05, 4.69) is 10.6 Å². The first kappa shape index (κ1) is 20.0. The van der Waals surface area contributed by atoms with Crippen LogP contribution >= 0.6 is 23.2 Å². The van der Waals surface area contributed by atoms with Gasteiger partial charge >= 0.3 is 0 Å². The molecule has 1 aromatic heterocycles. The van der Waals surface area contributed by atoms with Gasteiger partial charge in [0.05, 0.1) is 23.4 Å². The van der Waals surface area contributed by atoms with Crippen molar-refractivity contribution in [2.45, 2.75) is 19.0 Å². The molecule has 2 N–H and O–H groups in total. The number of carbonyl (C=O) groups excluding carboxylic acids is 2. The van der Waals surface area contributed by atoms with Crippen LogP contribution in [0.3, 0.4) is 0 Å². The van der Waals surface area contributed by atoms with E-state index in [0.717, 1.165) is 5.56 Å². The minimum atomic E-state index is -0.781. The van der Waals surface area contributed by atoms with Gasteiger partial charge in [-0.1, -0.05) is 53.5 Å². The quantitative estimate of drug-likeness (QED) is 0.604. The van der Waals surface area contributed by atoms with Gasteiger partial charge in [0.15, 0.2) is 0 Å². The van der Waals surface area contributed by atoms with Gasteiger partial charge in [-0.3, -0.25) is 9.59 Å². The van der Waals surface area contributed by atoms with Crippen LogP contribution in [0.5, 0.6) is 0 Å². The molecule has 2 amide bonds. The Hall–Kier alpha value is -2.76. The van der Waals surface area contributed by atoms with E-state index < -0.39 is 11.9 Å². The fraction of sp³-hybridized carbons (Fsp3) is 0.143. The van der Waals surface area contributed by atoms with Crippen LogP contribution < -0.4 is 10.6 Å². The number of carbonyl (C=O) groups is 2. The van der Waals surface area contributed by atoms with Crippen LogP contribution in [0, 0.1) is 0 Å². The first-order valence-electron chi connectivity index (χ1n) is 8.63. The molecule has 144 valence electrons. The molecule has 0 aliphatic carbocycles. The summed E-state index contributed by atoms with van der Waals surface area (Å²) in [7, 11) is 0. The van der Waals surface area contributed by atoms with Crippen molar-refractivity contribution in [2.75, 3.05) is 0 Å². The second-order valence-electron chi connectivity index (χ2n) is 6.14. The molecule has 0 bridgehead atoms. The van der Waals surface area contributed by atoms with Crippen LogP contribution in [-0.4, -0.2) is 17.9 Å². The summed E-state index contributed by atoms with van der Waals surface area (Å²) in [6.07, 6.45) is 1.87. The maximum absolute atomic E-state index is 12.7. The Balaban J connectivity index is 1.74. The summed E-state index contributed by atoms with van der Waals surface area (Å²) in [5, 5.41) is 6.20. The number of nitrogens with one attached hydrogen (secondary N) is 2. The SMILES string of the molecule is O=C(N[C@@H](Cc1ccccc1)C(=O)NCc1ccco1)c1ccc(Cl)cc1Cl. The molecule has 5 nitrogen and oxygen atoms in total. The second kappa shape index (κ2) is 9.44. The molecule has 28 heavy (non-hydrogen) atoms. The number of hydrogen-bond donors (Lipinski definition) is 2. The van der Waals surface area contributed by atoms with Crippen molar-refractivity contribution >= 4 is 35.0 Å². The maximum Gasteiger partial charge on any atom is 0.253 e. The van der Waals surface area contributed by atoms with E-state index in [1.165, 1.54) is 18.4 Å². The highest BCUT2D eigenvalue weighted by Crippen LogP contribution is 2.21. The first-order chi connectivity index (χ1) is 13.5. The van der Waals surface area contributed by atoms with Gasteiger partial charge in [0.25, 0.3) is 5.91 Å². The van der Waals surface area contributed by atoms with E-state index >= 15 is 0 Å². The molecule has 0 saturated carbocycles. The zero-order valence-electron chi connectivity index (χ0n) is 14.8. The van der Waals surface area contributed by atoms with Gasteiger partial charge in [-0.2, -0.15) is 0 Å². The van der Waals surface area contributed by atoms with Gasteiger partial charge in [0.2, 0.25) is 5.91 Å². The highest BCUT2D eigenvalue weighted by atomic mass is 35.5. The Kier molecular flexibility index (Phi) is 6.74. The summed E-state index contributed by atoms with van der Waals surface area (Å²) in [6, 6.07) is 16.8. The monoisotopic (exact) mass is 416 g/mol. The van der Waals surface area contributed by atoms with E-state index in [9.17, 15) is 9.59 Å². The molecule has 0 saturated heterocycles. The van der Waals surface area contributed by atoms with Crippen molar-refractivity contribution < 1.29 is 14.0 Å². The average molecular weight is 417 g/mol. The van der Waals surface area contributed by atoms with Gasteiger partial charge in [0.1, 0.15) is 11.8 Å². The summed E-state index contributed by atoms with van der Waals surface area (Å²) < 4.78 is 5.23. The van der Waals surface area contributed by atoms with Crippen molar-refractivity contribution in [1.82, 2.24) is 10.6 Å². The smallest absolute Gasteiger partial charge is 0.253 e. The summed E-state index contributed by atoms with van der Waals surface area (Å²) in [5.41, 5.74) is 1.17. The predicted molar refractivity (Wildman–Crippen MR) is 108 cm³/mol. The lowest BCUT2D eigenvalue weighted by atomic mass is 10.0. The topological polar surface area (TPSA) is 71.3 Å². The molecule has 1 heterocycles. The van der Waals surface area contributed by atoms with E-state index in [1.54, 1.807) is 18.2 Å². The van der Waals surface area contributed by atoms with Crippen molar-refractivity contribution in [1.29, 1.82) is 0 Å². The van der Waals surface area contributed by atoms with Crippen molar-refractivity contribution in [3.05, 3.63) is 93.9 Å². The van der Waals surface area contributed by atoms with Gasteiger partial charge in [-0.25, -0.2) is 0 Å². The van der Waals surface area contributed by atoms with E-state index in [1.807, 2.05) is 30.3 Å². The van der Waals surface area contributed by atoms with Crippen LogP contribution in [0.25, 0.3) is 0 Å². The minimum absolute atomic E-state index is 0.222. The summed E-state index contributed by atoms with van der Waals surface area (Å²) in [4.78, 5) is 25.4. The van der Waals surface area contributed by atoms with E-state index in [4.69, 9.17) is 27.6 Å². The standard InChI is InChI=1S/C21H18Cl2N2O3/c22-15-8-9-17(18(23)12-15)20(26)25-19(11-14-5-2-1-3-6-14)21(27)24-13-16-7-4-10-28-16/h1-10,12,19H,11,13H2,(H,24,27)(H,25,26)/t19-/m0/s1. The van der Waals surface area contributed by atoms with E-state index in [0.29, 0.717) is 17.2 Å². The van der Waals surface area contributed by atoms with Crippen molar-refractivity contribution in [3.8, 4) is 0 Å². The third-order valence-electron chi connectivity index (χ3n) is 4.10. The Morgan fingerprint density at radius 3 is 2.46 bits per heavy atom. The summed E-state index contributed by atoms with van der Waals surface area (Å²) >= 11 is 12.0. The van der Waals surface area contributed by atoms with Gasteiger partial charge in [-0.05, 0) is 35.9 Å². The van der Waals surface area contributed by atoms with Gasteiger partial charge in [-0.15, -0.1) is 0 Å². The average Bonchev–Trinajstić information content (AvgIpc) is 3.20.